The van der Waals surface area contributed by atoms with E-state index in [1.54, 1.807) is 11.3 Å². The SMILES string of the molecule is O=C(NCc1ccc(Br)s1)[C@H]1CC=CCC1. The van der Waals surface area contributed by atoms with Crippen molar-refractivity contribution in [1.29, 1.82) is 0 Å². The summed E-state index contributed by atoms with van der Waals surface area (Å²) in [5.41, 5.74) is 0. The summed E-state index contributed by atoms with van der Waals surface area (Å²) in [6.45, 7) is 0.648. The van der Waals surface area contributed by atoms with Crippen LogP contribution in [0.15, 0.2) is 28.1 Å². The topological polar surface area (TPSA) is 29.1 Å². The van der Waals surface area contributed by atoms with Crippen LogP contribution in [0.3, 0.4) is 0 Å². The smallest absolute Gasteiger partial charge is 0.223 e. The number of rotatable bonds is 3. The van der Waals surface area contributed by atoms with E-state index in [-0.39, 0.29) is 11.8 Å². The van der Waals surface area contributed by atoms with Crippen LogP contribution in [0.4, 0.5) is 0 Å². The van der Waals surface area contributed by atoms with Crippen LogP contribution in [-0.4, -0.2) is 5.91 Å². The quantitative estimate of drug-likeness (QED) is 0.851. The summed E-state index contributed by atoms with van der Waals surface area (Å²) in [7, 11) is 0. The van der Waals surface area contributed by atoms with E-state index in [4.69, 9.17) is 0 Å². The number of hydrogen-bond donors (Lipinski definition) is 1. The van der Waals surface area contributed by atoms with Crippen molar-refractivity contribution in [3.63, 3.8) is 0 Å². The largest absolute Gasteiger partial charge is 0.351 e. The van der Waals surface area contributed by atoms with Gasteiger partial charge in [-0.1, -0.05) is 12.2 Å². The molecule has 0 saturated carbocycles. The Morgan fingerprint density at radius 1 is 1.50 bits per heavy atom. The molecule has 0 fully saturated rings. The molecule has 16 heavy (non-hydrogen) atoms. The van der Waals surface area contributed by atoms with Gasteiger partial charge in [-0.2, -0.15) is 0 Å². The first kappa shape index (κ1) is 11.9. The van der Waals surface area contributed by atoms with Gasteiger partial charge in [0, 0.05) is 10.8 Å². The van der Waals surface area contributed by atoms with Crippen LogP contribution in [-0.2, 0) is 11.3 Å². The molecule has 1 N–H and O–H groups in total. The highest BCUT2D eigenvalue weighted by molar-refractivity contribution is 9.11. The van der Waals surface area contributed by atoms with Crippen LogP contribution in [0.1, 0.15) is 24.1 Å². The summed E-state index contributed by atoms with van der Waals surface area (Å²) in [5.74, 6) is 0.363. The van der Waals surface area contributed by atoms with E-state index >= 15 is 0 Å². The molecule has 0 aromatic carbocycles. The molecule has 0 unspecified atom stereocenters. The molecule has 4 heteroatoms. The van der Waals surface area contributed by atoms with E-state index in [1.165, 1.54) is 4.88 Å². The fourth-order valence-electron chi connectivity index (χ4n) is 1.80. The highest BCUT2D eigenvalue weighted by Gasteiger charge is 2.18. The Balaban J connectivity index is 1.81. The Hall–Kier alpha value is -0.610. The minimum absolute atomic E-state index is 0.174. The second-order valence-corrected chi connectivity index (χ2v) is 6.45. The zero-order chi connectivity index (χ0) is 11.4. The predicted octanol–water partition coefficient (Wildman–Crippen LogP) is 3.48. The van der Waals surface area contributed by atoms with Gasteiger partial charge in [-0.25, -0.2) is 0 Å². The summed E-state index contributed by atoms with van der Waals surface area (Å²) in [6.07, 6.45) is 7.16. The molecule has 1 heterocycles. The van der Waals surface area contributed by atoms with Crippen molar-refractivity contribution >= 4 is 33.2 Å². The van der Waals surface area contributed by atoms with Crippen molar-refractivity contribution < 1.29 is 4.79 Å². The first-order valence-electron chi connectivity index (χ1n) is 5.42. The minimum Gasteiger partial charge on any atom is -0.351 e. The van der Waals surface area contributed by atoms with Crippen molar-refractivity contribution in [3.05, 3.63) is 32.9 Å². The molecule has 0 spiro atoms. The Morgan fingerprint density at radius 3 is 3.00 bits per heavy atom. The third-order valence-electron chi connectivity index (χ3n) is 2.71. The second-order valence-electron chi connectivity index (χ2n) is 3.91. The van der Waals surface area contributed by atoms with E-state index in [1.807, 2.05) is 12.1 Å². The van der Waals surface area contributed by atoms with Crippen molar-refractivity contribution in [2.24, 2.45) is 5.92 Å². The van der Waals surface area contributed by atoms with Gasteiger partial charge in [0.1, 0.15) is 0 Å². The van der Waals surface area contributed by atoms with Crippen molar-refractivity contribution in [2.45, 2.75) is 25.8 Å². The Bertz CT molecular complexity index is 399. The number of halogens is 1. The van der Waals surface area contributed by atoms with Gasteiger partial charge in [0.25, 0.3) is 0 Å². The standard InChI is InChI=1S/C12H14BrNOS/c13-11-7-6-10(16-11)8-14-12(15)9-4-2-1-3-5-9/h1-2,6-7,9H,3-5,8H2,(H,14,15)/t9-/m0/s1. The number of nitrogens with one attached hydrogen (secondary N) is 1. The summed E-state index contributed by atoms with van der Waals surface area (Å²) in [4.78, 5) is 13.0. The van der Waals surface area contributed by atoms with Crippen molar-refractivity contribution in [2.75, 3.05) is 0 Å². The molecular weight excluding hydrogens is 286 g/mol. The van der Waals surface area contributed by atoms with Crippen molar-refractivity contribution in [3.8, 4) is 0 Å². The third-order valence-corrected chi connectivity index (χ3v) is 4.33. The summed E-state index contributed by atoms with van der Waals surface area (Å²) in [5, 5.41) is 3.00. The third kappa shape index (κ3) is 3.19. The first-order valence-corrected chi connectivity index (χ1v) is 7.03. The van der Waals surface area contributed by atoms with E-state index in [2.05, 4.69) is 33.4 Å². The van der Waals surface area contributed by atoms with E-state index in [0.717, 1.165) is 23.0 Å². The van der Waals surface area contributed by atoms with Gasteiger partial charge >= 0.3 is 0 Å². The van der Waals surface area contributed by atoms with Crippen LogP contribution in [0.25, 0.3) is 0 Å². The molecule has 0 bridgehead atoms. The maximum atomic E-state index is 11.8. The molecule has 1 atom stereocenters. The molecule has 1 aromatic rings. The second kappa shape index (κ2) is 5.64. The highest BCUT2D eigenvalue weighted by Crippen LogP contribution is 2.22. The molecular formula is C12H14BrNOS. The number of carbonyl (C=O) groups excluding carboxylic acids is 1. The van der Waals surface area contributed by atoms with Gasteiger partial charge in [0.05, 0.1) is 10.3 Å². The summed E-state index contributed by atoms with van der Waals surface area (Å²) in [6, 6.07) is 4.05. The molecule has 0 aliphatic heterocycles. The van der Waals surface area contributed by atoms with Crippen molar-refractivity contribution in [1.82, 2.24) is 5.32 Å². The van der Waals surface area contributed by atoms with Gasteiger partial charge in [-0.15, -0.1) is 11.3 Å². The maximum absolute atomic E-state index is 11.8. The zero-order valence-corrected chi connectivity index (χ0v) is 11.3. The van der Waals surface area contributed by atoms with E-state index < -0.39 is 0 Å². The molecule has 1 aliphatic carbocycles. The van der Waals surface area contributed by atoms with E-state index in [0.29, 0.717) is 6.54 Å². The molecule has 2 rings (SSSR count). The summed E-state index contributed by atoms with van der Waals surface area (Å²) >= 11 is 5.08. The van der Waals surface area contributed by atoms with Crippen LogP contribution in [0.2, 0.25) is 0 Å². The Morgan fingerprint density at radius 2 is 2.38 bits per heavy atom. The number of amides is 1. The van der Waals surface area contributed by atoms with Gasteiger partial charge in [-0.3, -0.25) is 4.79 Å². The van der Waals surface area contributed by atoms with Gasteiger partial charge < -0.3 is 5.32 Å². The summed E-state index contributed by atoms with van der Waals surface area (Å²) < 4.78 is 1.11. The molecule has 0 radical (unpaired) electrons. The number of hydrogen-bond acceptors (Lipinski definition) is 2. The van der Waals surface area contributed by atoms with Gasteiger partial charge in [0.2, 0.25) is 5.91 Å². The fourth-order valence-corrected chi connectivity index (χ4v) is 3.22. The lowest BCUT2D eigenvalue weighted by molar-refractivity contribution is -0.125. The van der Waals surface area contributed by atoms with Crippen LogP contribution in [0.5, 0.6) is 0 Å². The number of allylic oxidation sites excluding steroid dienone is 2. The highest BCUT2D eigenvalue weighted by atomic mass is 79.9. The van der Waals surface area contributed by atoms with Crippen LogP contribution < -0.4 is 5.32 Å². The molecule has 1 amide bonds. The lowest BCUT2D eigenvalue weighted by Gasteiger charge is -2.16. The Kier molecular flexibility index (Phi) is 4.18. The van der Waals surface area contributed by atoms with Crippen LogP contribution >= 0.6 is 27.3 Å². The molecule has 1 aliphatic rings. The number of carbonyl (C=O) groups is 1. The van der Waals surface area contributed by atoms with E-state index in [9.17, 15) is 4.79 Å². The normalized spacial score (nSPS) is 19.7. The maximum Gasteiger partial charge on any atom is 0.223 e. The molecule has 0 saturated heterocycles. The monoisotopic (exact) mass is 299 g/mol. The lowest BCUT2D eigenvalue weighted by atomic mass is 9.94. The Labute approximate surface area is 108 Å². The van der Waals surface area contributed by atoms with Gasteiger partial charge in [0.15, 0.2) is 0 Å². The average Bonchev–Trinajstić information content (AvgIpc) is 2.73. The fraction of sp³-hybridized carbons (Fsp3) is 0.417. The minimum atomic E-state index is 0.174. The van der Waals surface area contributed by atoms with Crippen LogP contribution in [0, 0.1) is 5.92 Å². The van der Waals surface area contributed by atoms with Gasteiger partial charge in [-0.05, 0) is 47.3 Å². The molecule has 86 valence electrons. The lowest BCUT2D eigenvalue weighted by Crippen LogP contribution is -2.30. The molecule has 1 aromatic heterocycles. The predicted molar refractivity (Wildman–Crippen MR) is 70.3 cm³/mol. The number of thiophene rings is 1. The molecule has 2 nitrogen and oxygen atoms in total. The average molecular weight is 300 g/mol. The first-order chi connectivity index (χ1) is 7.75. The zero-order valence-electron chi connectivity index (χ0n) is 8.91.